The number of fused-ring (bicyclic) bond motifs is 1. The van der Waals surface area contributed by atoms with Gasteiger partial charge in [0, 0.05) is 17.7 Å². The van der Waals surface area contributed by atoms with Gasteiger partial charge >= 0.3 is 5.97 Å². The number of carboxylic acid groups (broad SMARTS) is 1. The number of hydrogen-bond donors (Lipinski definition) is 1. The number of rotatable bonds is 2. The molecule has 0 radical (unpaired) electrons. The summed E-state index contributed by atoms with van der Waals surface area (Å²) in [6, 6.07) is 3.69. The van der Waals surface area contributed by atoms with Crippen LogP contribution in [0.25, 0.3) is 11.3 Å². The van der Waals surface area contributed by atoms with Crippen molar-refractivity contribution in [2.24, 2.45) is 0 Å². The Morgan fingerprint density at radius 3 is 2.67 bits per heavy atom. The molecule has 7 heteroatoms. The Kier molecular flexibility index (Phi) is 2.19. The van der Waals surface area contributed by atoms with E-state index in [2.05, 4.69) is 9.68 Å². The maximum Gasteiger partial charge on any atom is 0.374 e. The van der Waals surface area contributed by atoms with Gasteiger partial charge in [-0.3, -0.25) is 0 Å². The lowest BCUT2D eigenvalue weighted by atomic mass is 10.1. The molecule has 3 rings (SSSR count). The van der Waals surface area contributed by atoms with Crippen LogP contribution in [0.5, 0.6) is 11.5 Å². The molecule has 1 aromatic carbocycles. The van der Waals surface area contributed by atoms with E-state index in [1.807, 2.05) is 0 Å². The van der Waals surface area contributed by atoms with Crippen LogP contribution in [0.3, 0.4) is 0 Å². The van der Waals surface area contributed by atoms with Gasteiger partial charge in [0.05, 0.1) is 0 Å². The number of carboxylic acids is 1. The molecule has 2 heterocycles. The van der Waals surface area contributed by atoms with Gasteiger partial charge in [-0.25, -0.2) is 9.18 Å². The van der Waals surface area contributed by atoms with E-state index < -0.39 is 11.8 Å². The van der Waals surface area contributed by atoms with Gasteiger partial charge in [-0.1, -0.05) is 5.16 Å². The summed E-state index contributed by atoms with van der Waals surface area (Å²) in [4.78, 5) is 10.6. The largest absolute Gasteiger partial charge is 0.475 e. The molecule has 0 unspecified atom stereocenters. The van der Waals surface area contributed by atoms with Crippen molar-refractivity contribution < 1.29 is 28.3 Å². The van der Waals surface area contributed by atoms with Gasteiger partial charge in [-0.15, -0.1) is 0 Å². The third-order valence-electron chi connectivity index (χ3n) is 2.46. The van der Waals surface area contributed by atoms with Crippen LogP contribution in [0, 0.1) is 5.82 Å². The topological polar surface area (TPSA) is 81.8 Å². The Bertz CT molecular complexity index is 636. The van der Waals surface area contributed by atoms with Crippen molar-refractivity contribution in [2.45, 2.75) is 0 Å². The lowest BCUT2D eigenvalue weighted by Crippen LogP contribution is -1.92. The first-order valence-electron chi connectivity index (χ1n) is 4.94. The highest BCUT2D eigenvalue weighted by Gasteiger charge is 2.21. The summed E-state index contributed by atoms with van der Waals surface area (Å²) in [7, 11) is 0. The number of aromatic carboxylic acids is 1. The summed E-state index contributed by atoms with van der Waals surface area (Å²) in [6.45, 7) is 0.0252. The van der Waals surface area contributed by atoms with Crippen LogP contribution in [-0.4, -0.2) is 23.0 Å². The van der Waals surface area contributed by atoms with E-state index >= 15 is 0 Å². The first-order valence-corrected chi connectivity index (χ1v) is 4.94. The highest BCUT2D eigenvalue weighted by Crippen LogP contribution is 2.37. The molecular formula is C11H6FNO5. The summed E-state index contributed by atoms with van der Waals surface area (Å²) >= 11 is 0. The molecule has 2 aromatic rings. The van der Waals surface area contributed by atoms with Crippen molar-refractivity contribution in [1.29, 1.82) is 0 Å². The average Bonchev–Trinajstić information content (AvgIpc) is 2.94. The Hall–Kier alpha value is -2.57. The molecule has 1 aliphatic heterocycles. The van der Waals surface area contributed by atoms with Crippen LogP contribution < -0.4 is 9.47 Å². The van der Waals surface area contributed by atoms with Crippen LogP contribution in [-0.2, 0) is 0 Å². The minimum Gasteiger partial charge on any atom is -0.475 e. The molecule has 92 valence electrons. The average molecular weight is 251 g/mol. The second-order valence-corrected chi connectivity index (χ2v) is 3.57. The number of halogens is 1. The molecule has 0 saturated heterocycles. The zero-order valence-corrected chi connectivity index (χ0v) is 8.84. The van der Waals surface area contributed by atoms with Crippen molar-refractivity contribution in [1.82, 2.24) is 5.16 Å². The molecule has 1 N–H and O–H groups in total. The fraction of sp³-hybridized carbons (Fsp3) is 0.0909. The number of ether oxygens (including phenoxy) is 2. The van der Waals surface area contributed by atoms with Gasteiger partial charge in [0.1, 0.15) is 11.5 Å². The van der Waals surface area contributed by atoms with Gasteiger partial charge in [0.25, 0.3) is 0 Å². The summed E-state index contributed by atoms with van der Waals surface area (Å²) in [5.41, 5.74) is 0.179. The van der Waals surface area contributed by atoms with Crippen LogP contribution in [0.1, 0.15) is 10.6 Å². The van der Waals surface area contributed by atoms with Gasteiger partial charge in [-0.05, 0) is 6.07 Å². The minimum absolute atomic E-state index is 0.0252. The van der Waals surface area contributed by atoms with Crippen LogP contribution >= 0.6 is 0 Å². The Morgan fingerprint density at radius 1 is 1.28 bits per heavy atom. The number of hydrogen-bond acceptors (Lipinski definition) is 5. The molecule has 1 aliphatic rings. The van der Waals surface area contributed by atoms with E-state index in [4.69, 9.17) is 14.6 Å². The molecule has 6 nitrogen and oxygen atoms in total. The first kappa shape index (κ1) is 10.6. The molecule has 0 amide bonds. The van der Waals surface area contributed by atoms with Gasteiger partial charge in [0.15, 0.2) is 11.5 Å². The second-order valence-electron chi connectivity index (χ2n) is 3.57. The summed E-state index contributed by atoms with van der Waals surface area (Å²) in [5, 5.41) is 12.2. The normalized spacial score (nSPS) is 12.7. The number of carbonyl (C=O) groups is 1. The first-order chi connectivity index (χ1) is 8.65. The quantitative estimate of drug-likeness (QED) is 0.877. The molecule has 0 bridgehead atoms. The van der Waals surface area contributed by atoms with Crippen molar-refractivity contribution >= 4 is 5.97 Å². The maximum absolute atomic E-state index is 13.8. The summed E-state index contributed by atoms with van der Waals surface area (Å²) < 4.78 is 28.5. The minimum atomic E-state index is -1.27. The van der Waals surface area contributed by atoms with Gasteiger partial charge < -0.3 is 19.1 Å². The van der Waals surface area contributed by atoms with E-state index in [1.165, 1.54) is 6.07 Å². The van der Waals surface area contributed by atoms with E-state index in [9.17, 15) is 9.18 Å². The zero-order chi connectivity index (χ0) is 12.7. The smallest absolute Gasteiger partial charge is 0.374 e. The predicted octanol–water partition coefficient (Wildman–Crippen LogP) is 1.91. The fourth-order valence-electron chi connectivity index (χ4n) is 1.62. The third-order valence-corrected chi connectivity index (χ3v) is 2.46. The Labute approximate surface area is 99.5 Å². The number of aromatic nitrogens is 1. The SMILES string of the molecule is O=C(O)c1cc(-c2cc3c(cc2F)OCO3)no1. The summed E-state index contributed by atoms with van der Waals surface area (Å²) in [6.07, 6.45) is 0. The third kappa shape index (κ3) is 1.56. The zero-order valence-electron chi connectivity index (χ0n) is 8.84. The molecular weight excluding hydrogens is 245 g/mol. The molecule has 0 atom stereocenters. The van der Waals surface area contributed by atoms with Gasteiger partial charge in [0.2, 0.25) is 12.6 Å². The van der Waals surface area contributed by atoms with E-state index in [0.29, 0.717) is 11.5 Å². The Balaban J connectivity index is 2.08. The maximum atomic E-state index is 13.8. The predicted molar refractivity (Wildman–Crippen MR) is 55.0 cm³/mol. The van der Waals surface area contributed by atoms with Crippen LogP contribution in [0.4, 0.5) is 4.39 Å². The van der Waals surface area contributed by atoms with Crippen molar-refractivity contribution in [3.63, 3.8) is 0 Å². The lowest BCUT2D eigenvalue weighted by Gasteiger charge is -2.01. The lowest BCUT2D eigenvalue weighted by molar-refractivity contribution is 0.0652. The Morgan fingerprint density at radius 2 is 2.00 bits per heavy atom. The molecule has 0 aliphatic carbocycles. The standard InChI is InChI=1S/C11H6FNO5/c12-6-2-9-8(16-4-17-9)1-5(6)7-3-10(11(14)15)18-13-7/h1-3H,4H2,(H,14,15). The second kappa shape index (κ2) is 3.73. The molecule has 0 saturated carbocycles. The van der Waals surface area contributed by atoms with Crippen molar-refractivity contribution in [3.8, 4) is 22.8 Å². The van der Waals surface area contributed by atoms with Crippen LogP contribution in [0.15, 0.2) is 22.7 Å². The number of benzene rings is 1. The fourth-order valence-corrected chi connectivity index (χ4v) is 1.62. The van der Waals surface area contributed by atoms with Crippen molar-refractivity contribution in [3.05, 3.63) is 29.8 Å². The highest BCUT2D eigenvalue weighted by atomic mass is 19.1. The van der Waals surface area contributed by atoms with E-state index in [0.717, 1.165) is 12.1 Å². The molecule has 0 spiro atoms. The number of nitrogens with zero attached hydrogens (tertiary/aromatic N) is 1. The molecule has 18 heavy (non-hydrogen) atoms. The van der Waals surface area contributed by atoms with Crippen molar-refractivity contribution in [2.75, 3.05) is 6.79 Å². The summed E-state index contributed by atoms with van der Waals surface area (Å²) in [5.74, 6) is -1.54. The molecule has 1 aromatic heterocycles. The van der Waals surface area contributed by atoms with E-state index in [-0.39, 0.29) is 23.8 Å². The highest BCUT2D eigenvalue weighted by molar-refractivity contribution is 5.85. The molecule has 0 fully saturated rings. The monoisotopic (exact) mass is 251 g/mol. The van der Waals surface area contributed by atoms with E-state index in [1.54, 1.807) is 0 Å². The van der Waals surface area contributed by atoms with Crippen LogP contribution in [0.2, 0.25) is 0 Å². The van der Waals surface area contributed by atoms with Gasteiger partial charge in [-0.2, -0.15) is 0 Å².